The molecule has 0 saturated carbocycles. The van der Waals surface area contributed by atoms with Crippen LogP contribution in [-0.2, 0) is 16.4 Å². The molecule has 1 N–H and O–H groups in total. The predicted molar refractivity (Wildman–Crippen MR) is 158 cm³/mol. The van der Waals surface area contributed by atoms with Crippen molar-refractivity contribution in [1.82, 2.24) is 14.9 Å². The number of benzene rings is 2. The van der Waals surface area contributed by atoms with Gasteiger partial charge in [0.2, 0.25) is 11.8 Å². The van der Waals surface area contributed by atoms with Crippen molar-refractivity contribution in [3.05, 3.63) is 82.4 Å². The number of rotatable bonds is 8. The first-order valence-corrected chi connectivity index (χ1v) is 15.8. The van der Waals surface area contributed by atoms with E-state index in [9.17, 15) is 13.7 Å². The fourth-order valence-corrected chi connectivity index (χ4v) is 6.26. The number of thiophene rings is 1. The molecule has 3 heterocycles. The number of nitriles is 1. The van der Waals surface area contributed by atoms with Gasteiger partial charge in [-0.05, 0) is 79.1 Å². The van der Waals surface area contributed by atoms with Gasteiger partial charge < -0.3 is 10.1 Å². The second-order valence-electron chi connectivity index (χ2n) is 10.2. The number of nitrogens with zero attached hydrogens (tertiary/aromatic N) is 4. The number of nitrogens with one attached hydrogen (secondary N) is 1. The summed E-state index contributed by atoms with van der Waals surface area (Å²) in [5, 5.41) is 14.8. The molecule has 0 bridgehead atoms. The zero-order chi connectivity index (χ0) is 28.3. The minimum absolute atomic E-state index is 0.225. The fourth-order valence-electron chi connectivity index (χ4n) is 4.91. The molecule has 1 fully saturated rings. The Balaban J connectivity index is 1.27. The van der Waals surface area contributed by atoms with E-state index < -0.39 is 9.84 Å². The molecule has 2 aromatic heterocycles. The van der Waals surface area contributed by atoms with Gasteiger partial charge in [0.25, 0.3) is 0 Å². The second-order valence-corrected chi connectivity index (χ2v) is 13.1. The summed E-state index contributed by atoms with van der Waals surface area (Å²) in [5.41, 5.74) is 4.27. The Morgan fingerprint density at radius 2 is 1.82 bits per heavy atom. The topological polar surface area (TPSA) is 108 Å². The smallest absolute Gasteiger partial charge is 0.232 e. The van der Waals surface area contributed by atoms with Crippen LogP contribution >= 0.6 is 11.3 Å². The summed E-state index contributed by atoms with van der Waals surface area (Å²) in [7, 11) is -3.19. The molecule has 1 aliphatic heterocycles. The molecule has 40 heavy (non-hydrogen) atoms. The SMILES string of the molecule is Cc1cc(C#N)cc(C)c1Oc1nc(NC2CCN(Cc3ccc(S(C)(=O)=O)cc3)CC2)ncc1-c1cccs1. The van der Waals surface area contributed by atoms with Crippen LogP contribution in [0.2, 0.25) is 0 Å². The number of anilines is 1. The first kappa shape index (κ1) is 27.8. The van der Waals surface area contributed by atoms with Gasteiger partial charge >= 0.3 is 0 Å². The van der Waals surface area contributed by atoms with Gasteiger partial charge in [0, 0.05) is 43.0 Å². The van der Waals surface area contributed by atoms with Crippen LogP contribution < -0.4 is 10.1 Å². The quantitative estimate of drug-likeness (QED) is 0.275. The molecule has 10 heteroatoms. The molecule has 0 spiro atoms. The van der Waals surface area contributed by atoms with Crippen molar-refractivity contribution in [3.63, 3.8) is 0 Å². The Kier molecular flexibility index (Phi) is 8.17. The highest BCUT2D eigenvalue weighted by Crippen LogP contribution is 2.37. The number of ether oxygens (including phenoxy) is 1. The fraction of sp³-hybridized carbons (Fsp3) is 0.300. The third-order valence-electron chi connectivity index (χ3n) is 7.01. The number of hydrogen-bond acceptors (Lipinski definition) is 9. The Hall–Kier alpha value is -3.78. The molecule has 206 valence electrons. The third kappa shape index (κ3) is 6.50. The summed E-state index contributed by atoms with van der Waals surface area (Å²) in [6.07, 6.45) is 4.90. The number of piperidine rings is 1. The first-order valence-electron chi connectivity index (χ1n) is 13.1. The normalized spacial score (nSPS) is 14.6. The van der Waals surface area contributed by atoms with Crippen molar-refractivity contribution in [2.24, 2.45) is 0 Å². The average Bonchev–Trinajstić information content (AvgIpc) is 3.46. The molecule has 2 aromatic carbocycles. The maximum Gasteiger partial charge on any atom is 0.232 e. The van der Waals surface area contributed by atoms with Crippen LogP contribution in [0.1, 0.15) is 35.1 Å². The summed E-state index contributed by atoms with van der Waals surface area (Å²) in [5.74, 6) is 1.69. The van der Waals surface area contributed by atoms with Crippen molar-refractivity contribution in [2.45, 2.75) is 44.2 Å². The van der Waals surface area contributed by atoms with Crippen molar-refractivity contribution in [2.75, 3.05) is 24.7 Å². The molecule has 4 aromatic rings. The summed E-state index contributed by atoms with van der Waals surface area (Å²) in [6.45, 7) is 6.46. The van der Waals surface area contributed by atoms with E-state index in [1.807, 2.05) is 55.6 Å². The molecule has 1 aliphatic rings. The summed E-state index contributed by atoms with van der Waals surface area (Å²) in [4.78, 5) is 13.1. The van der Waals surface area contributed by atoms with Gasteiger partial charge in [-0.3, -0.25) is 4.90 Å². The summed E-state index contributed by atoms with van der Waals surface area (Å²) < 4.78 is 29.8. The van der Waals surface area contributed by atoms with E-state index in [1.165, 1.54) is 6.26 Å². The van der Waals surface area contributed by atoms with Gasteiger partial charge in [0.05, 0.1) is 22.1 Å². The van der Waals surface area contributed by atoms with E-state index in [4.69, 9.17) is 9.72 Å². The monoisotopic (exact) mass is 573 g/mol. The molecule has 0 aliphatic carbocycles. The van der Waals surface area contributed by atoms with Crippen molar-refractivity contribution >= 4 is 27.1 Å². The Morgan fingerprint density at radius 3 is 2.42 bits per heavy atom. The molecule has 0 atom stereocenters. The van der Waals surface area contributed by atoms with E-state index in [0.717, 1.165) is 59.6 Å². The van der Waals surface area contributed by atoms with Crippen molar-refractivity contribution in [3.8, 4) is 28.1 Å². The molecule has 8 nitrogen and oxygen atoms in total. The van der Waals surface area contributed by atoms with Crippen LogP contribution in [0.4, 0.5) is 5.95 Å². The molecular weight excluding hydrogens is 542 g/mol. The Bertz CT molecular complexity index is 1610. The van der Waals surface area contributed by atoms with Crippen molar-refractivity contribution in [1.29, 1.82) is 5.26 Å². The van der Waals surface area contributed by atoms with Crippen LogP contribution in [0.5, 0.6) is 11.6 Å². The zero-order valence-corrected chi connectivity index (χ0v) is 24.3. The lowest BCUT2D eigenvalue weighted by molar-refractivity contribution is 0.211. The average molecular weight is 574 g/mol. The molecule has 0 amide bonds. The lowest BCUT2D eigenvalue weighted by atomic mass is 10.0. The number of sulfone groups is 1. The van der Waals surface area contributed by atoms with Gasteiger partial charge in [0.1, 0.15) is 5.75 Å². The lowest BCUT2D eigenvalue weighted by Gasteiger charge is -2.32. The highest BCUT2D eigenvalue weighted by molar-refractivity contribution is 7.90. The van der Waals surface area contributed by atoms with Gasteiger partial charge in [-0.25, -0.2) is 13.4 Å². The van der Waals surface area contributed by atoms with Crippen LogP contribution in [0.25, 0.3) is 10.4 Å². The summed E-state index contributed by atoms with van der Waals surface area (Å²) >= 11 is 1.60. The van der Waals surface area contributed by atoms with E-state index >= 15 is 0 Å². The minimum atomic E-state index is -3.19. The molecule has 0 radical (unpaired) electrons. The predicted octanol–water partition coefficient (Wildman–Crippen LogP) is 5.97. The maximum absolute atomic E-state index is 11.7. The Labute approximate surface area is 239 Å². The molecule has 5 rings (SSSR count). The van der Waals surface area contributed by atoms with E-state index in [0.29, 0.717) is 28.0 Å². The first-order chi connectivity index (χ1) is 19.2. The largest absolute Gasteiger partial charge is 0.438 e. The minimum Gasteiger partial charge on any atom is -0.438 e. The van der Waals surface area contributed by atoms with Crippen molar-refractivity contribution < 1.29 is 13.2 Å². The number of aromatic nitrogens is 2. The molecule has 1 saturated heterocycles. The number of likely N-dealkylation sites (tertiary alicyclic amines) is 1. The number of aryl methyl sites for hydroxylation is 2. The highest BCUT2D eigenvalue weighted by Gasteiger charge is 2.22. The van der Waals surface area contributed by atoms with Gasteiger partial charge in [0.15, 0.2) is 9.84 Å². The van der Waals surface area contributed by atoms with E-state index in [-0.39, 0.29) is 6.04 Å². The lowest BCUT2D eigenvalue weighted by Crippen LogP contribution is -2.39. The van der Waals surface area contributed by atoms with E-state index in [2.05, 4.69) is 21.3 Å². The van der Waals surface area contributed by atoms with Crippen LogP contribution in [0, 0.1) is 25.2 Å². The number of hydrogen-bond donors (Lipinski definition) is 1. The maximum atomic E-state index is 11.7. The standard InChI is InChI=1S/C30H31N5O3S2/c1-20-15-23(17-31)16-21(2)28(20)38-29-26(27-5-4-14-39-27)18-32-30(34-29)33-24-10-12-35(13-11-24)19-22-6-8-25(9-7-22)40(3,36)37/h4-9,14-16,18,24H,10-13,19H2,1-3H3,(H,32,33,34). The second kappa shape index (κ2) is 11.8. The van der Waals surface area contributed by atoms with Gasteiger partial charge in [-0.15, -0.1) is 11.3 Å². The van der Waals surface area contributed by atoms with Crippen LogP contribution in [-0.4, -0.2) is 48.7 Å². The summed E-state index contributed by atoms with van der Waals surface area (Å²) in [6, 6.07) is 17.2. The van der Waals surface area contributed by atoms with E-state index in [1.54, 1.807) is 29.7 Å². The third-order valence-corrected chi connectivity index (χ3v) is 9.04. The Morgan fingerprint density at radius 1 is 1.12 bits per heavy atom. The van der Waals surface area contributed by atoms with Gasteiger partial charge in [-0.1, -0.05) is 18.2 Å². The van der Waals surface area contributed by atoms with Crippen LogP contribution in [0.3, 0.4) is 0 Å². The molecule has 0 unspecified atom stereocenters. The van der Waals surface area contributed by atoms with Crippen LogP contribution in [0.15, 0.2) is 65.0 Å². The highest BCUT2D eigenvalue weighted by atomic mass is 32.2. The van der Waals surface area contributed by atoms with Gasteiger partial charge in [-0.2, -0.15) is 10.2 Å². The zero-order valence-electron chi connectivity index (χ0n) is 22.7. The molecular formula is C30H31N5O3S2.